The molecule has 1 aromatic heterocycles. The van der Waals surface area contributed by atoms with Crippen LogP contribution in [0.4, 0.5) is 0 Å². The number of hydrogen-bond donors (Lipinski definition) is 2. The topological polar surface area (TPSA) is 83.0 Å². The largest absolute Gasteiger partial charge is 0.477 e. The Bertz CT molecular complexity index is 516. The molecule has 0 saturated heterocycles. The van der Waals surface area contributed by atoms with Crippen LogP contribution in [0, 0.1) is 12.3 Å². The van der Waals surface area contributed by atoms with E-state index in [-0.39, 0.29) is 22.6 Å². The van der Waals surface area contributed by atoms with Crippen LogP contribution in [0.15, 0.2) is 4.79 Å². The van der Waals surface area contributed by atoms with Crippen LogP contribution in [0.3, 0.4) is 0 Å². The van der Waals surface area contributed by atoms with E-state index < -0.39 is 11.5 Å². The highest BCUT2D eigenvalue weighted by atomic mass is 16.4. The van der Waals surface area contributed by atoms with Gasteiger partial charge in [0.15, 0.2) is 0 Å². The molecule has 16 heavy (non-hydrogen) atoms. The molecule has 1 aromatic rings. The van der Waals surface area contributed by atoms with Crippen molar-refractivity contribution in [2.75, 3.05) is 0 Å². The van der Waals surface area contributed by atoms with Crippen molar-refractivity contribution in [2.45, 2.75) is 33.1 Å². The number of aryl methyl sites for hydroxylation is 1. The molecule has 1 heterocycles. The molecule has 0 radical (unpaired) electrons. The number of carboxylic acid groups (broad SMARTS) is 1. The van der Waals surface area contributed by atoms with Gasteiger partial charge in [-0.15, -0.1) is 0 Å². The van der Waals surface area contributed by atoms with Crippen LogP contribution in [0.25, 0.3) is 0 Å². The molecule has 1 aliphatic carbocycles. The van der Waals surface area contributed by atoms with E-state index in [4.69, 9.17) is 5.11 Å². The standard InChI is InChI=1S/C11H14N2O3/c1-5-7(10(15)16)9(14)13-8(12-5)6-4-11(6,2)3/h6H,4H2,1-3H3,(H,15,16)(H,12,13,14). The van der Waals surface area contributed by atoms with Gasteiger partial charge in [-0.2, -0.15) is 0 Å². The Balaban J connectivity index is 2.47. The van der Waals surface area contributed by atoms with Crippen LogP contribution in [-0.2, 0) is 0 Å². The first-order valence-corrected chi connectivity index (χ1v) is 5.17. The lowest BCUT2D eigenvalue weighted by atomic mass is 10.1. The van der Waals surface area contributed by atoms with Gasteiger partial charge in [-0.25, -0.2) is 9.78 Å². The zero-order valence-electron chi connectivity index (χ0n) is 9.50. The van der Waals surface area contributed by atoms with Crippen molar-refractivity contribution in [1.82, 2.24) is 9.97 Å². The lowest BCUT2D eigenvalue weighted by Gasteiger charge is -2.05. The van der Waals surface area contributed by atoms with E-state index in [1.807, 2.05) is 0 Å². The second-order valence-corrected chi connectivity index (χ2v) is 4.96. The molecule has 1 aliphatic rings. The van der Waals surface area contributed by atoms with E-state index in [0.717, 1.165) is 6.42 Å². The van der Waals surface area contributed by atoms with Gasteiger partial charge in [-0.05, 0) is 18.8 Å². The van der Waals surface area contributed by atoms with Crippen molar-refractivity contribution < 1.29 is 9.90 Å². The fraction of sp³-hybridized carbons (Fsp3) is 0.545. The molecule has 0 amide bonds. The fourth-order valence-electron chi connectivity index (χ4n) is 1.96. The maximum Gasteiger partial charge on any atom is 0.343 e. The Hall–Kier alpha value is -1.65. The molecule has 2 rings (SSSR count). The van der Waals surface area contributed by atoms with Crippen molar-refractivity contribution in [3.05, 3.63) is 27.4 Å². The third-order valence-electron chi connectivity index (χ3n) is 3.18. The number of carboxylic acids is 1. The normalized spacial score (nSPS) is 21.8. The summed E-state index contributed by atoms with van der Waals surface area (Å²) in [6.45, 7) is 5.74. The summed E-state index contributed by atoms with van der Waals surface area (Å²) in [7, 11) is 0. The van der Waals surface area contributed by atoms with Gasteiger partial charge in [0.2, 0.25) is 0 Å². The maximum absolute atomic E-state index is 11.6. The smallest absolute Gasteiger partial charge is 0.343 e. The van der Waals surface area contributed by atoms with Crippen LogP contribution in [-0.4, -0.2) is 21.0 Å². The molecule has 0 aromatic carbocycles. The minimum atomic E-state index is -1.23. The summed E-state index contributed by atoms with van der Waals surface area (Å²) in [5.74, 6) is -0.382. The van der Waals surface area contributed by atoms with Gasteiger partial charge in [0.05, 0.1) is 5.69 Å². The van der Waals surface area contributed by atoms with Crippen molar-refractivity contribution in [2.24, 2.45) is 5.41 Å². The molecule has 0 aliphatic heterocycles. The third-order valence-corrected chi connectivity index (χ3v) is 3.18. The summed E-state index contributed by atoms with van der Waals surface area (Å²) in [5.41, 5.74) is -0.374. The first kappa shape index (κ1) is 10.9. The van der Waals surface area contributed by atoms with Gasteiger partial charge in [0.1, 0.15) is 11.4 Å². The van der Waals surface area contributed by atoms with Gasteiger partial charge in [0, 0.05) is 5.92 Å². The Labute approximate surface area is 92.5 Å². The Morgan fingerprint density at radius 2 is 2.12 bits per heavy atom. The summed E-state index contributed by atoms with van der Waals surface area (Å²) in [6, 6.07) is 0. The monoisotopic (exact) mass is 222 g/mol. The van der Waals surface area contributed by atoms with Crippen LogP contribution in [0.2, 0.25) is 0 Å². The maximum atomic E-state index is 11.6. The number of nitrogens with zero attached hydrogens (tertiary/aromatic N) is 1. The highest BCUT2D eigenvalue weighted by Gasteiger charge is 2.48. The van der Waals surface area contributed by atoms with Crippen molar-refractivity contribution in [3.63, 3.8) is 0 Å². The van der Waals surface area contributed by atoms with Gasteiger partial charge in [0.25, 0.3) is 5.56 Å². The molecule has 1 unspecified atom stereocenters. The molecule has 2 N–H and O–H groups in total. The zero-order chi connectivity index (χ0) is 12.1. The summed E-state index contributed by atoms with van der Waals surface area (Å²) in [4.78, 5) is 29.1. The lowest BCUT2D eigenvalue weighted by molar-refractivity contribution is 0.0693. The summed E-state index contributed by atoms with van der Waals surface area (Å²) in [6.07, 6.45) is 0.974. The quantitative estimate of drug-likeness (QED) is 0.789. The van der Waals surface area contributed by atoms with E-state index in [9.17, 15) is 9.59 Å². The predicted molar refractivity (Wildman–Crippen MR) is 57.7 cm³/mol. The van der Waals surface area contributed by atoms with Crippen molar-refractivity contribution >= 4 is 5.97 Å². The average Bonchev–Trinajstić information content (AvgIpc) is 2.73. The number of hydrogen-bond acceptors (Lipinski definition) is 3. The number of nitrogens with one attached hydrogen (secondary N) is 1. The number of H-pyrrole nitrogens is 1. The van der Waals surface area contributed by atoms with E-state index in [2.05, 4.69) is 23.8 Å². The zero-order valence-corrected chi connectivity index (χ0v) is 9.50. The molecule has 86 valence electrons. The van der Waals surface area contributed by atoms with Crippen LogP contribution < -0.4 is 5.56 Å². The van der Waals surface area contributed by atoms with Gasteiger partial charge in [-0.3, -0.25) is 4.79 Å². The minimum Gasteiger partial charge on any atom is -0.477 e. The molecular weight excluding hydrogens is 208 g/mol. The number of aromatic amines is 1. The lowest BCUT2D eigenvalue weighted by Crippen LogP contribution is -2.22. The second kappa shape index (κ2) is 3.17. The van der Waals surface area contributed by atoms with Crippen molar-refractivity contribution in [3.8, 4) is 0 Å². The fourth-order valence-corrected chi connectivity index (χ4v) is 1.96. The van der Waals surface area contributed by atoms with E-state index in [0.29, 0.717) is 5.82 Å². The molecule has 1 atom stereocenters. The van der Waals surface area contributed by atoms with E-state index >= 15 is 0 Å². The van der Waals surface area contributed by atoms with Crippen LogP contribution in [0.1, 0.15) is 48.1 Å². The van der Waals surface area contributed by atoms with E-state index in [1.54, 1.807) is 6.92 Å². The minimum absolute atomic E-state index is 0.160. The number of aromatic carboxylic acids is 1. The summed E-state index contributed by atoms with van der Waals surface area (Å²) in [5, 5.41) is 8.83. The first-order chi connectivity index (χ1) is 7.33. The highest BCUT2D eigenvalue weighted by Crippen LogP contribution is 2.57. The molecule has 1 fully saturated rings. The van der Waals surface area contributed by atoms with Crippen molar-refractivity contribution in [1.29, 1.82) is 0 Å². The number of carbonyl (C=O) groups is 1. The molecule has 5 nitrogen and oxygen atoms in total. The first-order valence-electron chi connectivity index (χ1n) is 5.17. The highest BCUT2D eigenvalue weighted by molar-refractivity contribution is 5.88. The number of aromatic nitrogens is 2. The number of rotatable bonds is 2. The molecule has 0 bridgehead atoms. The average molecular weight is 222 g/mol. The third kappa shape index (κ3) is 1.62. The molecule has 5 heteroatoms. The Morgan fingerprint density at radius 3 is 2.50 bits per heavy atom. The van der Waals surface area contributed by atoms with E-state index in [1.165, 1.54) is 0 Å². The van der Waals surface area contributed by atoms with Crippen LogP contribution in [0.5, 0.6) is 0 Å². The Morgan fingerprint density at radius 1 is 1.56 bits per heavy atom. The second-order valence-electron chi connectivity index (χ2n) is 4.96. The SMILES string of the molecule is Cc1nc(C2CC2(C)C)[nH]c(=O)c1C(=O)O. The van der Waals surface area contributed by atoms with Gasteiger partial charge < -0.3 is 10.1 Å². The van der Waals surface area contributed by atoms with Gasteiger partial charge >= 0.3 is 5.97 Å². The van der Waals surface area contributed by atoms with Crippen LogP contribution >= 0.6 is 0 Å². The summed E-state index contributed by atoms with van der Waals surface area (Å²) < 4.78 is 0. The molecule has 1 saturated carbocycles. The summed E-state index contributed by atoms with van der Waals surface area (Å²) >= 11 is 0. The predicted octanol–water partition coefficient (Wildman–Crippen LogP) is 1.29. The molecular formula is C11H14N2O3. The molecule has 0 spiro atoms. The Kier molecular flexibility index (Phi) is 2.15. The van der Waals surface area contributed by atoms with Gasteiger partial charge in [-0.1, -0.05) is 13.8 Å².